The molecule has 600 valence electrons. The minimum Gasteiger partial charge on any atom is -0.359 e. The molecule has 0 unspecified atom stereocenters. The van der Waals surface area contributed by atoms with E-state index in [1.807, 2.05) is 30.4 Å². The standard InChI is InChI=1S/C18H20N6.C18H18N6.C18H22N6.C18H18N6.C17H16N6/c2*1-3-17-10-21-5-7-23(12-21)14-24-8-6-22(13-24)11-18-4-2-16(20-18)9-15(1)19-17;2*1-2-16-10-22-7-8-24(14-22)12-18-4-3-17(20-18)11-23-6-5-21(13-23)9-15(1)19-16;1-3-16-17-4-2-15(19-17)10-21-6-8-23(12-21)13-22-7-5-20(11-22)9-14(1)18-16/h1-9,19H,10-14H2;1-11,19H,12-14H2;1-8,19-20H,9-14H2;1-12,19-20H,13-14H2;1-10H,11-13H2/b;15-9-,17-10?,18-11-;;15-9-,16-10-,17-11-,18-12?;14-9-,15-10?. The quantitative estimate of drug-likeness (QED) is 0.113. The van der Waals surface area contributed by atoms with Crippen LogP contribution in [0.25, 0.3) is 43.2 Å². The van der Waals surface area contributed by atoms with E-state index in [1.54, 1.807) is 0 Å². The van der Waals surface area contributed by atoms with Crippen molar-refractivity contribution in [1.82, 2.24) is 128 Å². The van der Waals surface area contributed by atoms with Crippen LogP contribution in [-0.4, -0.2) is 244 Å². The monoisotopic (exact) mass is 1580 g/mol. The summed E-state index contributed by atoms with van der Waals surface area (Å²) in [4.78, 5) is 84.6. The summed E-state index contributed by atoms with van der Waals surface area (Å²) in [5, 5.41) is 6.51. The van der Waals surface area contributed by atoms with Crippen LogP contribution in [0.4, 0.5) is 0 Å². The highest BCUT2D eigenvalue weighted by Crippen LogP contribution is 2.26. The maximum atomic E-state index is 4.73. The van der Waals surface area contributed by atoms with Gasteiger partial charge in [0.15, 0.2) is 0 Å². The van der Waals surface area contributed by atoms with Gasteiger partial charge in [0.2, 0.25) is 0 Å². The smallest absolute Gasteiger partial charge is 0.0979 e. The second-order valence-corrected chi connectivity index (χ2v) is 32.0. The summed E-state index contributed by atoms with van der Waals surface area (Å²) in [5.41, 5.74) is 15.2. The van der Waals surface area contributed by atoms with Gasteiger partial charge in [-0.15, -0.1) is 0 Å². The lowest BCUT2D eigenvalue weighted by Crippen LogP contribution is -2.36. The fourth-order valence-corrected chi connectivity index (χ4v) is 16.5. The zero-order chi connectivity index (χ0) is 79.0. The Bertz CT molecular complexity index is 5690. The normalized spacial score (nSPS) is 23.0. The van der Waals surface area contributed by atoms with E-state index in [1.165, 1.54) is 28.5 Å². The minimum absolute atomic E-state index is 0.802. The lowest BCUT2D eigenvalue weighted by Gasteiger charge is -2.27. The molecule has 6 N–H and O–H groups in total. The fourth-order valence-electron chi connectivity index (χ4n) is 16.5. The maximum absolute atomic E-state index is 4.73. The minimum atomic E-state index is 0.802. The molecule has 0 aliphatic carbocycles. The number of H-pyrrole nitrogens is 6. The Labute approximate surface area is 689 Å². The van der Waals surface area contributed by atoms with Crippen LogP contribution in [0.5, 0.6) is 0 Å². The number of aliphatic imine (C=N–C) groups is 4. The Morgan fingerprint density at radius 2 is 0.504 bits per heavy atom. The van der Waals surface area contributed by atoms with Crippen LogP contribution in [0.1, 0.15) is 34.2 Å². The number of nitrogens with zero attached hydrogens (tertiary/aromatic N) is 24. The molecule has 19 aliphatic heterocycles. The van der Waals surface area contributed by atoms with Crippen LogP contribution in [0.3, 0.4) is 0 Å². The molecule has 0 aromatic carbocycles. The van der Waals surface area contributed by atoms with Crippen LogP contribution in [-0.2, 0) is 32.7 Å². The van der Waals surface area contributed by atoms with Crippen LogP contribution in [0.2, 0.25) is 0 Å². The van der Waals surface area contributed by atoms with E-state index in [0.29, 0.717) is 0 Å². The molecule has 0 fully saturated rings. The number of hydrogen-bond donors (Lipinski definition) is 6. The van der Waals surface area contributed by atoms with Gasteiger partial charge in [-0.05, 0) is 134 Å². The first-order valence-electron chi connectivity index (χ1n) is 40.4. The van der Waals surface area contributed by atoms with Crippen molar-refractivity contribution in [3.63, 3.8) is 0 Å². The number of aromatic amines is 6. The zero-order valence-corrected chi connectivity index (χ0v) is 66.0. The fraction of sp³-hybridized carbons (Fsp3) is 0.213. The van der Waals surface area contributed by atoms with Crippen molar-refractivity contribution >= 4 is 66.0 Å². The van der Waals surface area contributed by atoms with Gasteiger partial charge in [-0.25, -0.2) is 15.0 Å². The van der Waals surface area contributed by atoms with Crippen molar-refractivity contribution in [2.75, 3.05) is 93.2 Å². The van der Waals surface area contributed by atoms with Crippen molar-refractivity contribution in [2.24, 2.45) is 20.0 Å². The van der Waals surface area contributed by atoms with Crippen molar-refractivity contribution < 1.29 is 0 Å². The van der Waals surface area contributed by atoms with Crippen molar-refractivity contribution in [2.45, 2.75) is 32.7 Å². The molecule has 40 bridgehead atoms. The predicted octanol–water partition coefficient (Wildman–Crippen LogP) is 5.38. The Morgan fingerprint density at radius 3 is 0.941 bits per heavy atom. The van der Waals surface area contributed by atoms with Crippen molar-refractivity contribution in [3.05, 3.63) is 353 Å². The molecule has 0 saturated heterocycles. The molecular weight excluding hydrogens is 1490 g/mol. The van der Waals surface area contributed by atoms with Gasteiger partial charge in [-0.1, -0.05) is 0 Å². The first-order chi connectivity index (χ1) is 58.5. The molecule has 30 heteroatoms. The van der Waals surface area contributed by atoms with E-state index in [-0.39, 0.29) is 0 Å². The summed E-state index contributed by atoms with van der Waals surface area (Å²) in [7, 11) is 0. The van der Waals surface area contributed by atoms with E-state index in [0.717, 1.165) is 209 Å². The molecule has 0 saturated carbocycles. The summed E-state index contributed by atoms with van der Waals surface area (Å²) in [5.74, 6) is 0. The average molecular weight is 1580 g/mol. The molecule has 25 heterocycles. The number of aromatic nitrogens is 6. The van der Waals surface area contributed by atoms with Crippen LogP contribution >= 0.6 is 0 Å². The zero-order valence-electron chi connectivity index (χ0n) is 66.0. The lowest BCUT2D eigenvalue weighted by atomic mass is 10.2. The molecule has 119 heavy (non-hydrogen) atoms. The molecule has 0 atom stereocenters. The second kappa shape index (κ2) is 31.6. The Hall–Kier alpha value is -15.1. The van der Waals surface area contributed by atoms with Gasteiger partial charge in [0.05, 0.1) is 198 Å². The number of allylic oxidation sites excluding steroid dienone is 7. The van der Waals surface area contributed by atoms with Gasteiger partial charge in [0.25, 0.3) is 0 Å². The third-order valence-electron chi connectivity index (χ3n) is 22.1. The molecule has 0 spiro atoms. The van der Waals surface area contributed by atoms with E-state index < -0.39 is 0 Å². The van der Waals surface area contributed by atoms with E-state index in [2.05, 4.69) is 420 Å². The Kier molecular flexibility index (Phi) is 19.0. The summed E-state index contributed by atoms with van der Waals surface area (Å²) in [6.07, 6.45) is 80.0. The number of fused-ring (bicyclic) bond motifs is 37. The summed E-state index contributed by atoms with van der Waals surface area (Å²) in [6, 6.07) is 25.7. The van der Waals surface area contributed by atoms with Gasteiger partial charge in [0.1, 0.15) is 0 Å². The molecule has 19 aliphatic rings. The van der Waals surface area contributed by atoms with E-state index >= 15 is 0 Å². The molecule has 6 aromatic heterocycles. The molecular formula is C89H94N30. The van der Waals surface area contributed by atoms with Crippen LogP contribution in [0.15, 0.2) is 307 Å². The number of nitrogens with one attached hydrogen (secondary N) is 6. The van der Waals surface area contributed by atoms with Crippen molar-refractivity contribution in [1.29, 1.82) is 0 Å². The summed E-state index contributed by atoms with van der Waals surface area (Å²) in [6.45, 7) is 16.8. The third kappa shape index (κ3) is 17.5. The van der Waals surface area contributed by atoms with Gasteiger partial charge in [-0.3, -0.25) is 4.99 Å². The Balaban J connectivity index is 0.0000000923. The van der Waals surface area contributed by atoms with Crippen LogP contribution in [0, 0.1) is 0 Å². The highest BCUT2D eigenvalue weighted by Gasteiger charge is 2.26. The third-order valence-corrected chi connectivity index (χ3v) is 22.1. The predicted molar refractivity (Wildman–Crippen MR) is 463 cm³/mol. The SMILES string of the molecule is C1=C/C2=C/N3C=CN(C3)CN3C=CN(C=c4cc/c([nH]4)=C/C1=N2)C3.C1=CC2=NC1=CN1C=CN(C1)CN1C=CN(/C=C3/C=CC2=N3)C1.C1=CC2=NC1=Cc1ccc([nH]1)CN1C=CN(C1)CN1C=CN(C2)C1.C1=CN2/C=c3/cc/c([nH]3)=C/N3C=CN(/C=c4/ccc([nH]4)=CN1C2)C3.C1=CN2Cc3ccc([nH]3)CN3C=CN(Cc4ccc([nH]4)CN1C2)C3. The van der Waals surface area contributed by atoms with Gasteiger partial charge in [0, 0.05) is 213 Å². The van der Waals surface area contributed by atoms with Crippen molar-refractivity contribution in [3.8, 4) is 0 Å². The summed E-state index contributed by atoms with van der Waals surface area (Å²) < 4.78 is 0. The van der Waals surface area contributed by atoms with Gasteiger partial charge < -0.3 is 128 Å². The number of rotatable bonds is 0. The van der Waals surface area contributed by atoms with Gasteiger partial charge >= 0.3 is 0 Å². The highest BCUT2D eigenvalue weighted by molar-refractivity contribution is 6.52. The highest BCUT2D eigenvalue weighted by atomic mass is 15.5. The average Bonchev–Trinajstić information content (AvgIpc) is 1.66. The van der Waals surface area contributed by atoms with E-state index in [4.69, 9.17) is 4.99 Å². The van der Waals surface area contributed by atoms with Gasteiger partial charge in [-0.2, -0.15) is 0 Å². The number of hydrogen-bond acceptors (Lipinski definition) is 24. The van der Waals surface area contributed by atoms with Crippen LogP contribution < -0.4 is 32.1 Å². The molecule has 6 aromatic rings. The molecule has 25 rings (SSSR count). The maximum Gasteiger partial charge on any atom is 0.0979 e. The first kappa shape index (κ1) is 71.7. The topological polar surface area (TPSA) is 209 Å². The summed E-state index contributed by atoms with van der Waals surface area (Å²) >= 11 is 0. The first-order valence-corrected chi connectivity index (χ1v) is 40.4. The Morgan fingerprint density at radius 1 is 0.202 bits per heavy atom. The largest absolute Gasteiger partial charge is 0.359 e. The molecule has 0 amide bonds. The second-order valence-electron chi connectivity index (χ2n) is 32.0. The molecule has 30 nitrogen and oxygen atoms in total. The lowest BCUT2D eigenvalue weighted by molar-refractivity contribution is 0.165. The van der Waals surface area contributed by atoms with E-state index in [9.17, 15) is 0 Å². The molecule has 0 radical (unpaired) electrons.